The Labute approximate surface area is 145 Å². The molecule has 3 N–H and O–H groups in total. The number of carboxylic acid groups (broad SMARTS) is 1. The highest BCUT2D eigenvalue weighted by Crippen LogP contribution is 2.07. The molecule has 130 valence electrons. The molecular formula is C19H20N2O4. The zero-order valence-corrected chi connectivity index (χ0v) is 13.6. The Morgan fingerprint density at radius 2 is 1.52 bits per heavy atom. The predicted octanol–water partition coefficient (Wildman–Crippen LogP) is 1.62. The summed E-state index contributed by atoms with van der Waals surface area (Å²) in [6, 6.07) is 17.3. The lowest BCUT2D eigenvalue weighted by Crippen LogP contribution is -2.48. The Bertz CT molecular complexity index is 717. The molecule has 2 aromatic rings. The lowest BCUT2D eigenvalue weighted by Gasteiger charge is -2.18. The Morgan fingerprint density at radius 3 is 2.12 bits per heavy atom. The fraction of sp³-hybridized carbons (Fsp3) is 0.211. The average Bonchev–Trinajstić information content (AvgIpc) is 2.64. The molecule has 25 heavy (non-hydrogen) atoms. The first kappa shape index (κ1) is 18.2. The molecule has 2 aromatic carbocycles. The SMILES string of the molecule is O=C(O)CNC(=O)C(CCc1ccccc1)NC(=O)c1ccccc1. The smallest absolute Gasteiger partial charge is 0.322 e. The number of hydrogen-bond donors (Lipinski definition) is 3. The van der Waals surface area contributed by atoms with Gasteiger partial charge in [-0.2, -0.15) is 0 Å². The van der Waals surface area contributed by atoms with E-state index < -0.39 is 24.5 Å². The summed E-state index contributed by atoms with van der Waals surface area (Å²) in [4.78, 5) is 35.2. The first-order valence-electron chi connectivity index (χ1n) is 7.95. The van der Waals surface area contributed by atoms with Gasteiger partial charge in [-0.1, -0.05) is 48.5 Å². The molecule has 0 bridgehead atoms. The van der Waals surface area contributed by atoms with Crippen LogP contribution < -0.4 is 10.6 Å². The monoisotopic (exact) mass is 340 g/mol. The second-order valence-corrected chi connectivity index (χ2v) is 5.53. The van der Waals surface area contributed by atoms with Crippen LogP contribution >= 0.6 is 0 Å². The maximum Gasteiger partial charge on any atom is 0.322 e. The van der Waals surface area contributed by atoms with Crippen molar-refractivity contribution in [3.8, 4) is 0 Å². The third kappa shape index (κ3) is 6.10. The van der Waals surface area contributed by atoms with Crippen LogP contribution in [0.3, 0.4) is 0 Å². The number of rotatable bonds is 8. The van der Waals surface area contributed by atoms with Gasteiger partial charge in [0, 0.05) is 5.56 Å². The number of aryl methyl sites for hydroxylation is 1. The molecule has 0 aliphatic carbocycles. The number of nitrogens with one attached hydrogen (secondary N) is 2. The van der Waals surface area contributed by atoms with Crippen molar-refractivity contribution in [2.45, 2.75) is 18.9 Å². The van der Waals surface area contributed by atoms with Crippen LogP contribution in [0.5, 0.6) is 0 Å². The van der Waals surface area contributed by atoms with Crippen molar-refractivity contribution in [1.82, 2.24) is 10.6 Å². The summed E-state index contributed by atoms with van der Waals surface area (Å²) in [5.74, 6) is -2.02. The van der Waals surface area contributed by atoms with Gasteiger partial charge in [-0.25, -0.2) is 0 Å². The van der Waals surface area contributed by atoms with Gasteiger partial charge in [0.2, 0.25) is 5.91 Å². The Hall–Kier alpha value is -3.15. The predicted molar refractivity (Wildman–Crippen MR) is 93.1 cm³/mol. The number of carboxylic acids is 1. The minimum Gasteiger partial charge on any atom is -0.480 e. The summed E-state index contributed by atoms with van der Waals surface area (Å²) in [5, 5.41) is 13.7. The van der Waals surface area contributed by atoms with Gasteiger partial charge in [0.05, 0.1) is 0 Å². The summed E-state index contributed by atoms with van der Waals surface area (Å²) in [6.45, 7) is -0.484. The molecule has 1 unspecified atom stereocenters. The third-order valence-electron chi connectivity index (χ3n) is 3.64. The quantitative estimate of drug-likeness (QED) is 0.680. The van der Waals surface area contributed by atoms with E-state index in [0.29, 0.717) is 18.4 Å². The lowest BCUT2D eigenvalue weighted by molar-refractivity contribution is -0.138. The normalized spacial score (nSPS) is 11.4. The van der Waals surface area contributed by atoms with Crippen LogP contribution in [0, 0.1) is 0 Å². The molecule has 0 aliphatic heterocycles. The van der Waals surface area contributed by atoms with Crippen LogP contribution in [0.25, 0.3) is 0 Å². The molecule has 0 fully saturated rings. The van der Waals surface area contributed by atoms with E-state index >= 15 is 0 Å². The van der Waals surface area contributed by atoms with E-state index in [1.807, 2.05) is 30.3 Å². The van der Waals surface area contributed by atoms with E-state index in [0.717, 1.165) is 5.56 Å². The fourth-order valence-corrected chi connectivity index (χ4v) is 2.34. The number of hydrogen-bond acceptors (Lipinski definition) is 3. The van der Waals surface area contributed by atoms with Crippen LogP contribution in [0.4, 0.5) is 0 Å². The molecule has 1 atom stereocenters. The van der Waals surface area contributed by atoms with Crippen molar-refractivity contribution in [1.29, 1.82) is 0 Å². The largest absolute Gasteiger partial charge is 0.480 e. The van der Waals surface area contributed by atoms with Crippen LogP contribution in [-0.4, -0.2) is 35.5 Å². The highest BCUT2D eigenvalue weighted by molar-refractivity contribution is 5.97. The molecule has 0 aliphatic rings. The molecule has 2 amide bonds. The molecule has 0 spiro atoms. The van der Waals surface area contributed by atoms with Gasteiger partial charge in [-0.05, 0) is 30.5 Å². The summed E-state index contributed by atoms with van der Waals surface area (Å²) in [6.07, 6.45) is 0.953. The van der Waals surface area contributed by atoms with E-state index in [4.69, 9.17) is 5.11 Å². The van der Waals surface area contributed by atoms with Gasteiger partial charge in [0.15, 0.2) is 0 Å². The van der Waals surface area contributed by atoms with E-state index in [9.17, 15) is 14.4 Å². The molecule has 6 nitrogen and oxygen atoms in total. The highest BCUT2D eigenvalue weighted by atomic mass is 16.4. The van der Waals surface area contributed by atoms with Crippen LogP contribution in [-0.2, 0) is 16.0 Å². The maximum absolute atomic E-state index is 12.3. The number of aliphatic carboxylic acids is 1. The van der Waals surface area contributed by atoms with Gasteiger partial charge in [-0.15, -0.1) is 0 Å². The van der Waals surface area contributed by atoms with Crippen molar-refractivity contribution in [2.24, 2.45) is 0 Å². The zero-order valence-electron chi connectivity index (χ0n) is 13.6. The second-order valence-electron chi connectivity index (χ2n) is 5.53. The van der Waals surface area contributed by atoms with Crippen molar-refractivity contribution in [2.75, 3.05) is 6.54 Å². The van der Waals surface area contributed by atoms with Crippen LogP contribution in [0.2, 0.25) is 0 Å². The van der Waals surface area contributed by atoms with E-state index in [2.05, 4.69) is 10.6 Å². The Balaban J connectivity index is 2.03. The van der Waals surface area contributed by atoms with Gasteiger partial charge in [0.25, 0.3) is 5.91 Å². The van der Waals surface area contributed by atoms with Crippen molar-refractivity contribution in [3.05, 3.63) is 71.8 Å². The van der Waals surface area contributed by atoms with E-state index in [-0.39, 0.29) is 5.91 Å². The molecular weight excluding hydrogens is 320 g/mol. The maximum atomic E-state index is 12.3. The molecule has 0 saturated carbocycles. The summed E-state index contributed by atoms with van der Waals surface area (Å²) in [7, 11) is 0. The van der Waals surface area contributed by atoms with Crippen molar-refractivity contribution < 1.29 is 19.5 Å². The fourth-order valence-electron chi connectivity index (χ4n) is 2.34. The van der Waals surface area contributed by atoms with Gasteiger partial charge in [0.1, 0.15) is 12.6 Å². The first-order chi connectivity index (χ1) is 12.1. The Morgan fingerprint density at radius 1 is 0.920 bits per heavy atom. The molecule has 0 radical (unpaired) electrons. The lowest BCUT2D eigenvalue weighted by atomic mass is 10.0. The average molecular weight is 340 g/mol. The topological polar surface area (TPSA) is 95.5 Å². The summed E-state index contributed by atoms with van der Waals surface area (Å²) in [5.41, 5.74) is 1.48. The number of amides is 2. The third-order valence-corrected chi connectivity index (χ3v) is 3.64. The number of benzene rings is 2. The Kier molecular flexibility index (Phi) is 6.71. The minimum atomic E-state index is -1.13. The molecule has 0 aromatic heterocycles. The van der Waals surface area contributed by atoms with Crippen molar-refractivity contribution in [3.63, 3.8) is 0 Å². The van der Waals surface area contributed by atoms with E-state index in [1.54, 1.807) is 30.3 Å². The zero-order chi connectivity index (χ0) is 18.1. The first-order valence-corrected chi connectivity index (χ1v) is 7.95. The van der Waals surface area contributed by atoms with Gasteiger partial charge < -0.3 is 15.7 Å². The standard InChI is InChI=1S/C19H20N2O4/c22-17(23)13-20-19(25)16(12-11-14-7-3-1-4-8-14)21-18(24)15-9-5-2-6-10-15/h1-10,16H,11-13H2,(H,20,25)(H,21,24)(H,22,23). The molecule has 6 heteroatoms. The van der Waals surface area contributed by atoms with Crippen LogP contribution in [0.1, 0.15) is 22.3 Å². The van der Waals surface area contributed by atoms with Crippen molar-refractivity contribution >= 4 is 17.8 Å². The minimum absolute atomic E-state index is 0.369. The number of carbonyl (C=O) groups excluding carboxylic acids is 2. The molecule has 0 saturated heterocycles. The highest BCUT2D eigenvalue weighted by Gasteiger charge is 2.21. The molecule has 2 rings (SSSR count). The van der Waals surface area contributed by atoms with Gasteiger partial charge in [-0.3, -0.25) is 14.4 Å². The second kappa shape index (κ2) is 9.22. The molecule has 0 heterocycles. The van der Waals surface area contributed by atoms with E-state index in [1.165, 1.54) is 0 Å². The summed E-state index contributed by atoms with van der Waals surface area (Å²) < 4.78 is 0. The van der Waals surface area contributed by atoms with Gasteiger partial charge >= 0.3 is 5.97 Å². The summed E-state index contributed by atoms with van der Waals surface area (Å²) >= 11 is 0. The van der Waals surface area contributed by atoms with Crippen LogP contribution in [0.15, 0.2) is 60.7 Å². The number of carbonyl (C=O) groups is 3.